The van der Waals surface area contributed by atoms with E-state index in [-0.39, 0.29) is 37.9 Å². The predicted octanol–water partition coefficient (Wildman–Crippen LogP) is 6.20. The highest BCUT2D eigenvalue weighted by Gasteiger charge is 2.37. The predicted molar refractivity (Wildman–Crippen MR) is 157 cm³/mol. The van der Waals surface area contributed by atoms with E-state index in [1.807, 2.05) is 6.92 Å². The molecular formula is C32H33F5N4O3. The minimum absolute atomic E-state index is 0.0345. The van der Waals surface area contributed by atoms with Gasteiger partial charge in [-0.25, -0.2) is 13.8 Å². The van der Waals surface area contributed by atoms with E-state index >= 15 is 0 Å². The number of pyridine rings is 1. The minimum Gasteiger partial charge on any atom is -0.491 e. The number of carbonyl (C=O) groups is 2. The third-order valence-corrected chi connectivity index (χ3v) is 7.33. The number of anilines is 1. The molecule has 0 spiro atoms. The molecule has 12 heteroatoms. The van der Waals surface area contributed by atoms with Gasteiger partial charge in [0.25, 0.3) is 11.8 Å². The maximum atomic E-state index is 14.1. The summed E-state index contributed by atoms with van der Waals surface area (Å²) in [4.78, 5) is 30.4. The van der Waals surface area contributed by atoms with Crippen LogP contribution in [0.4, 0.5) is 27.8 Å². The number of hydrogen-bond donors (Lipinski definition) is 2. The third-order valence-electron chi connectivity index (χ3n) is 7.33. The van der Waals surface area contributed by atoms with Crippen molar-refractivity contribution in [2.75, 3.05) is 32.0 Å². The number of nitrogens with two attached hydrogens (primary N) is 1. The zero-order valence-electron chi connectivity index (χ0n) is 24.1. The van der Waals surface area contributed by atoms with E-state index in [0.717, 1.165) is 11.6 Å². The number of amides is 2. The molecule has 0 unspecified atom stereocenters. The van der Waals surface area contributed by atoms with Crippen molar-refractivity contribution in [3.05, 3.63) is 88.7 Å². The largest absolute Gasteiger partial charge is 0.491 e. The zero-order chi connectivity index (χ0) is 31.9. The van der Waals surface area contributed by atoms with E-state index in [2.05, 4.69) is 10.3 Å². The molecule has 0 saturated carbocycles. The smallest absolute Gasteiger partial charge is 0.419 e. The van der Waals surface area contributed by atoms with Crippen molar-refractivity contribution in [3.8, 4) is 5.75 Å². The van der Waals surface area contributed by atoms with Gasteiger partial charge in [0.05, 0.1) is 12.1 Å². The number of benzene rings is 1. The lowest BCUT2D eigenvalue weighted by Crippen LogP contribution is -2.43. The number of aromatic nitrogens is 1. The Balaban J connectivity index is 1.42. The fraction of sp³-hybridized carbons (Fsp3) is 0.344. The number of carbonyl (C=O) groups excluding carboxylic acids is 2. The van der Waals surface area contributed by atoms with E-state index in [1.54, 1.807) is 24.3 Å². The molecule has 4 rings (SSSR count). The fourth-order valence-electron chi connectivity index (χ4n) is 4.84. The number of likely N-dealkylation sites (tertiary alicyclic amines) is 1. The Morgan fingerprint density at radius 1 is 1.14 bits per heavy atom. The van der Waals surface area contributed by atoms with Crippen LogP contribution in [0.2, 0.25) is 0 Å². The summed E-state index contributed by atoms with van der Waals surface area (Å²) in [6, 6.07) is 7.02. The number of rotatable bonds is 9. The first-order valence-corrected chi connectivity index (χ1v) is 14.2. The van der Waals surface area contributed by atoms with Gasteiger partial charge in [0.15, 0.2) is 0 Å². The number of nitrogens with zero attached hydrogens (tertiary/aromatic N) is 2. The fourth-order valence-corrected chi connectivity index (χ4v) is 4.84. The average molecular weight is 617 g/mol. The second-order valence-corrected chi connectivity index (χ2v) is 10.4. The SMILES string of the molecule is CCC1=C(c2ccc(OCCNC(=O)C=Cc3ccc(N)nc3)c(C(F)(F)F)c2)C=CC(C(=O)N2CCC(F)(F)CC2)=CC1. The molecule has 1 saturated heterocycles. The van der Waals surface area contributed by atoms with Gasteiger partial charge in [0.2, 0.25) is 5.91 Å². The van der Waals surface area contributed by atoms with Crippen LogP contribution in [0.25, 0.3) is 11.6 Å². The van der Waals surface area contributed by atoms with Crippen LogP contribution in [-0.2, 0) is 15.8 Å². The number of piperidine rings is 1. The molecule has 3 N–H and O–H groups in total. The second-order valence-electron chi connectivity index (χ2n) is 10.4. The lowest BCUT2D eigenvalue weighted by Gasteiger charge is -2.32. The minimum atomic E-state index is -4.72. The summed E-state index contributed by atoms with van der Waals surface area (Å²) in [5.74, 6) is -3.67. The zero-order valence-corrected chi connectivity index (χ0v) is 24.1. The lowest BCUT2D eigenvalue weighted by molar-refractivity contribution is -0.139. The van der Waals surface area contributed by atoms with E-state index < -0.39 is 36.4 Å². The normalized spacial score (nSPS) is 17.0. The Morgan fingerprint density at radius 3 is 2.55 bits per heavy atom. The van der Waals surface area contributed by atoms with E-state index in [0.29, 0.717) is 40.9 Å². The van der Waals surface area contributed by atoms with Crippen molar-refractivity contribution in [1.82, 2.24) is 15.2 Å². The Hall–Kier alpha value is -4.48. The number of alkyl halides is 5. The Bertz CT molecular complexity index is 1480. The van der Waals surface area contributed by atoms with Crippen molar-refractivity contribution in [2.45, 2.75) is 44.7 Å². The summed E-state index contributed by atoms with van der Waals surface area (Å²) in [5, 5.41) is 2.55. The molecule has 7 nitrogen and oxygen atoms in total. The first-order chi connectivity index (χ1) is 20.9. The highest BCUT2D eigenvalue weighted by molar-refractivity contribution is 5.97. The number of halogens is 5. The molecule has 1 aliphatic heterocycles. The molecular weight excluding hydrogens is 583 g/mol. The first-order valence-electron chi connectivity index (χ1n) is 14.2. The van der Waals surface area contributed by atoms with Crippen LogP contribution in [-0.4, -0.2) is 53.9 Å². The summed E-state index contributed by atoms with van der Waals surface area (Å²) in [5.41, 5.74) is 7.18. The molecule has 0 radical (unpaired) electrons. The summed E-state index contributed by atoms with van der Waals surface area (Å²) in [7, 11) is 0. The van der Waals surface area contributed by atoms with Gasteiger partial charge in [-0.2, -0.15) is 13.2 Å². The molecule has 44 heavy (non-hydrogen) atoms. The van der Waals surface area contributed by atoms with Crippen LogP contribution in [0.15, 0.2) is 72.0 Å². The van der Waals surface area contributed by atoms with Gasteiger partial charge in [-0.05, 0) is 66.0 Å². The summed E-state index contributed by atoms with van der Waals surface area (Å²) in [6.45, 7) is 1.51. The van der Waals surface area contributed by atoms with Crippen molar-refractivity contribution in [2.24, 2.45) is 0 Å². The van der Waals surface area contributed by atoms with Crippen molar-refractivity contribution in [3.63, 3.8) is 0 Å². The Labute approximate surface area is 252 Å². The van der Waals surface area contributed by atoms with E-state index in [9.17, 15) is 31.5 Å². The van der Waals surface area contributed by atoms with Crippen LogP contribution < -0.4 is 15.8 Å². The topological polar surface area (TPSA) is 97.5 Å². The molecule has 234 valence electrons. The molecule has 2 aliphatic rings. The molecule has 0 atom stereocenters. The Morgan fingerprint density at radius 2 is 1.89 bits per heavy atom. The maximum Gasteiger partial charge on any atom is 0.419 e. The third kappa shape index (κ3) is 8.55. The Kier molecular flexibility index (Phi) is 10.2. The molecule has 1 aliphatic carbocycles. The first kappa shape index (κ1) is 32.4. The summed E-state index contributed by atoms with van der Waals surface area (Å²) < 4.78 is 74.8. The molecule has 1 aromatic heterocycles. The van der Waals surface area contributed by atoms with Gasteiger partial charge in [-0.1, -0.05) is 30.7 Å². The second kappa shape index (κ2) is 13.9. The molecule has 2 heterocycles. The standard InChI is InChI=1S/C32H33F5N4O3/c1-2-22-5-6-23(30(43)41-16-13-31(33,34)14-17-41)7-9-25(22)24-8-10-27(26(19-24)32(35,36)37)44-18-15-39-29(42)12-4-21-3-11-28(38)40-20-21/h3-4,6-12,19-20H,2,5,13-18H2,1H3,(H2,38,40)(H,39,42). The van der Waals surface area contributed by atoms with Crippen LogP contribution in [0, 0.1) is 0 Å². The molecule has 2 amide bonds. The van der Waals surface area contributed by atoms with Gasteiger partial charge >= 0.3 is 6.18 Å². The molecule has 1 fully saturated rings. The van der Waals surface area contributed by atoms with Crippen LogP contribution in [0.3, 0.4) is 0 Å². The number of hydrogen-bond acceptors (Lipinski definition) is 5. The molecule has 1 aromatic carbocycles. The van der Waals surface area contributed by atoms with E-state index in [1.165, 1.54) is 41.5 Å². The van der Waals surface area contributed by atoms with E-state index in [4.69, 9.17) is 10.5 Å². The van der Waals surface area contributed by atoms with Gasteiger partial charge in [-0.15, -0.1) is 0 Å². The van der Waals surface area contributed by atoms with Gasteiger partial charge in [-0.3, -0.25) is 9.59 Å². The monoisotopic (exact) mass is 616 g/mol. The molecule has 0 bridgehead atoms. The van der Waals surface area contributed by atoms with Gasteiger partial charge < -0.3 is 20.7 Å². The van der Waals surface area contributed by atoms with Gasteiger partial charge in [0.1, 0.15) is 18.2 Å². The highest BCUT2D eigenvalue weighted by atomic mass is 19.4. The van der Waals surface area contributed by atoms with Crippen LogP contribution in [0.5, 0.6) is 5.75 Å². The number of nitrogen functional groups attached to an aromatic ring is 1. The van der Waals surface area contributed by atoms with Crippen molar-refractivity contribution >= 4 is 29.3 Å². The number of allylic oxidation sites excluding steroid dienone is 4. The highest BCUT2D eigenvalue weighted by Crippen LogP contribution is 2.39. The van der Waals surface area contributed by atoms with Crippen molar-refractivity contribution in [1.29, 1.82) is 0 Å². The lowest BCUT2D eigenvalue weighted by atomic mass is 9.95. The van der Waals surface area contributed by atoms with Crippen LogP contribution in [0.1, 0.15) is 49.3 Å². The summed E-state index contributed by atoms with van der Waals surface area (Å²) >= 11 is 0. The number of ether oxygens (including phenoxy) is 1. The number of nitrogens with one attached hydrogen (secondary N) is 1. The summed E-state index contributed by atoms with van der Waals surface area (Å²) in [6.07, 6.45) is 4.43. The average Bonchev–Trinajstić information content (AvgIpc) is 3.21. The van der Waals surface area contributed by atoms with Crippen LogP contribution >= 0.6 is 0 Å². The quantitative estimate of drug-likeness (QED) is 0.199. The maximum absolute atomic E-state index is 14.1. The van der Waals surface area contributed by atoms with Gasteiger partial charge in [0, 0.05) is 43.8 Å². The van der Waals surface area contributed by atoms with Crippen molar-refractivity contribution < 1.29 is 36.3 Å². The molecule has 2 aromatic rings.